The number of hydrogen-bond donors (Lipinski definition) is 3. The first kappa shape index (κ1) is 35.1. The Balaban J connectivity index is 1.13. The third-order valence-electron chi connectivity index (χ3n) is 10.9. The first-order valence-electron chi connectivity index (χ1n) is 17.9. The minimum absolute atomic E-state index is 0.0630. The molecule has 3 aliphatic rings. The molecule has 0 unspecified atom stereocenters. The van der Waals surface area contributed by atoms with Crippen LogP contribution >= 0.6 is 15.9 Å². The van der Waals surface area contributed by atoms with Gasteiger partial charge in [0, 0.05) is 36.2 Å². The molecule has 3 aromatic carbocycles. The molecule has 1 aliphatic heterocycles. The lowest BCUT2D eigenvalue weighted by atomic mass is 9.81. The second-order valence-corrected chi connectivity index (χ2v) is 15.2. The van der Waals surface area contributed by atoms with Crippen molar-refractivity contribution in [2.45, 2.75) is 88.1 Å². The normalized spacial score (nSPS) is 18.9. The lowest BCUT2D eigenvalue weighted by Gasteiger charge is -2.40. The van der Waals surface area contributed by atoms with Gasteiger partial charge < -0.3 is 21.3 Å². The molecule has 49 heavy (non-hydrogen) atoms. The number of benzene rings is 3. The predicted molar refractivity (Wildman–Crippen MR) is 195 cm³/mol. The molecule has 6 rings (SSSR count). The van der Waals surface area contributed by atoms with E-state index in [4.69, 9.17) is 5.73 Å². The molecule has 3 aromatic rings. The van der Waals surface area contributed by atoms with Crippen LogP contribution in [0.1, 0.15) is 86.6 Å². The molecule has 0 spiro atoms. The van der Waals surface area contributed by atoms with Crippen LogP contribution in [-0.4, -0.2) is 70.8 Å². The zero-order chi connectivity index (χ0) is 34.4. The number of nitrogens with zero attached hydrogens (tertiary/aromatic N) is 2. The van der Waals surface area contributed by atoms with Gasteiger partial charge in [-0.3, -0.25) is 19.3 Å². The summed E-state index contributed by atoms with van der Waals surface area (Å²) in [5.41, 5.74) is 6.13. The van der Waals surface area contributed by atoms with Gasteiger partial charge in [-0.1, -0.05) is 90.5 Å². The van der Waals surface area contributed by atoms with Gasteiger partial charge in [0.15, 0.2) is 0 Å². The lowest BCUT2D eigenvalue weighted by molar-refractivity contribution is -0.139. The third-order valence-corrected chi connectivity index (χ3v) is 11.3. The van der Waals surface area contributed by atoms with Gasteiger partial charge in [-0.05, 0) is 91.5 Å². The molecule has 0 radical (unpaired) electrons. The SMILES string of the molecule is NC1(C(=O)N2CCC(CNC(=O)N(CCc3ccccc3)C(=O)C3(NC(=O)c4ccc5cc(Br)ccc5c4)CCCC3)CC2)CCCCC1. The van der Waals surface area contributed by atoms with E-state index < -0.39 is 17.1 Å². The molecule has 260 valence electrons. The van der Waals surface area contributed by atoms with Crippen molar-refractivity contribution in [2.24, 2.45) is 11.7 Å². The molecule has 2 saturated carbocycles. The summed E-state index contributed by atoms with van der Waals surface area (Å²) in [6.45, 7) is 1.85. The number of fused-ring (bicyclic) bond motifs is 1. The highest BCUT2D eigenvalue weighted by atomic mass is 79.9. The molecule has 0 atom stereocenters. The van der Waals surface area contributed by atoms with Crippen LogP contribution in [0.15, 0.2) is 71.2 Å². The maximum atomic E-state index is 14.5. The summed E-state index contributed by atoms with van der Waals surface area (Å²) in [4.78, 5) is 58.5. The number of carbonyl (C=O) groups excluding carboxylic acids is 4. The molecule has 0 bridgehead atoms. The van der Waals surface area contributed by atoms with Crippen molar-refractivity contribution in [3.63, 3.8) is 0 Å². The first-order chi connectivity index (χ1) is 23.7. The number of likely N-dealkylation sites (tertiary alicyclic amines) is 1. The van der Waals surface area contributed by atoms with Gasteiger partial charge in [0.05, 0.1) is 5.54 Å². The number of rotatable bonds is 9. The standard InChI is InChI=1S/C39H48BrN5O4/c40-33-14-13-30-25-32(12-11-31(30)26-33)34(46)43-39(20-7-8-21-39)36(48)45(24-17-28-9-3-1-4-10-28)37(49)42-27-29-15-22-44(23-16-29)35(47)38(41)18-5-2-6-19-38/h1,3-4,9-14,25-26,29H,2,5-8,15-24,27,41H2,(H,42,49)(H,43,46). The van der Waals surface area contributed by atoms with Gasteiger partial charge in [-0.15, -0.1) is 0 Å². The summed E-state index contributed by atoms with van der Waals surface area (Å²) < 4.78 is 0.960. The number of imide groups is 1. The average molecular weight is 731 g/mol. The fraction of sp³-hybridized carbons (Fsp3) is 0.487. The highest BCUT2D eigenvalue weighted by molar-refractivity contribution is 9.10. The molecule has 3 fully saturated rings. The van der Waals surface area contributed by atoms with Gasteiger partial charge in [0.1, 0.15) is 5.54 Å². The summed E-state index contributed by atoms with van der Waals surface area (Å²) in [5, 5.41) is 8.09. The average Bonchev–Trinajstić information content (AvgIpc) is 3.60. The lowest BCUT2D eigenvalue weighted by Crippen LogP contribution is -2.61. The maximum absolute atomic E-state index is 14.5. The molecular formula is C39H48BrN5O4. The Hall–Kier alpha value is -3.76. The van der Waals surface area contributed by atoms with Gasteiger partial charge >= 0.3 is 6.03 Å². The second kappa shape index (κ2) is 15.4. The van der Waals surface area contributed by atoms with Crippen molar-refractivity contribution in [3.05, 3.63) is 82.3 Å². The van der Waals surface area contributed by atoms with Crippen molar-refractivity contribution in [2.75, 3.05) is 26.2 Å². The Morgan fingerprint density at radius 3 is 2.20 bits per heavy atom. The molecule has 5 amide bonds. The van der Waals surface area contributed by atoms with E-state index in [1.165, 1.54) is 4.90 Å². The van der Waals surface area contributed by atoms with Crippen molar-refractivity contribution >= 4 is 50.5 Å². The Morgan fingerprint density at radius 2 is 1.49 bits per heavy atom. The molecule has 4 N–H and O–H groups in total. The number of nitrogens with two attached hydrogens (primary N) is 1. The molecule has 9 nitrogen and oxygen atoms in total. The van der Waals surface area contributed by atoms with E-state index in [1.54, 1.807) is 6.07 Å². The minimum atomic E-state index is -1.16. The fourth-order valence-corrected chi connectivity index (χ4v) is 8.21. The molecule has 10 heteroatoms. The summed E-state index contributed by atoms with van der Waals surface area (Å²) in [7, 11) is 0. The second-order valence-electron chi connectivity index (χ2n) is 14.3. The number of urea groups is 1. The van der Waals surface area contributed by atoms with Crippen molar-refractivity contribution < 1.29 is 19.2 Å². The van der Waals surface area contributed by atoms with Crippen LogP contribution in [0, 0.1) is 5.92 Å². The summed E-state index contributed by atoms with van der Waals surface area (Å²) in [5.74, 6) is -0.434. The van der Waals surface area contributed by atoms with E-state index in [2.05, 4.69) is 26.6 Å². The Labute approximate surface area is 297 Å². The number of nitrogens with one attached hydrogen (secondary N) is 2. The topological polar surface area (TPSA) is 125 Å². The van der Waals surface area contributed by atoms with E-state index in [9.17, 15) is 19.2 Å². The highest BCUT2D eigenvalue weighted by Crippen LogP contribution is 2.33. The molecule has 1 saturated heterocycles. The van der Waals surface area contributed by atoms with Crippen LogP contribution < -0.4 is 16.4 Å². The zero-order valence-electron chi connectivity index (χ0n) is 28.2. The number of piperidine rings is 1. The van der Waals surface area contributed by atoms with Gasteiger partial charge in [0.2, 0.25) is 5.91 Å². The van der Waals surface area contributed by atoms with E-state index in [1.807, 2.05) is 65.6 Å². The number of carbonyl (C=O) groups is 4. The summed E-state index contributed by atoms with van der Waals surface area (Å²) in [6.07, 6.45) is 9.18. The molecule has 2 aliphatic carbocycles. The Morgan fingerprint density at radius 1 is 0.837 bits per heavy atom. The Kier molecular flexibility index (Phi) is 11.0. The zero-order valence-corrected chi connectivity index (χ0v) is 29.8. The van der Waals surface area contributed by atoms with Crippen molar-refractivity contribution in [1.82, 2.24) is 20.4 Å². The monoisotopic (exact) mass is 729 g/mol. The van der Waals surface area contributed by atoms with Gasteiger partial charge in [-0.25, -0.2) is 4.79 Å². The van der Waals surface area contributed by atoms with Crippen LogP contribution in [0.25, 0.3) is 10.8 Å². The van der Waals surface area contributed by atoms with E-state index in [0.717, 1.165) is 78.6 Å². The van der Waals surface area contributed by atoms with Gasteiger partial charge in [-0.2, -0.15) is 0 Å². The van der Waals surface area contributed by atoms with Crippen LogP contribution in [0.3, 0.4) is 0 Å². The highest BCUT2D eigenvalue weighted by Gasteiger charge is 2.46. The fourth-order valence-electron chi connectivity index (χ4n) is 7.84. The van der Waals surface area contributed by atoms with Crippen LogP contribution in [0.4, 0.5) is 4.79 Å². The third kappa shape index (κ3) is 8.18. The van der Waals surface area contributed by atoms with E-state index in [-0.39, 0.29) is 30.2 Å². The van der Waals surface area contributed by atoms with Crippen LogP contribution in [-0.2, 0) is 16.0 Å². The number of hydrogen-bond acceptors (Lipinski definition) is 5. The van der Waals surface area contributed by atoms with Gasteiger partial charge in [0.25, 0.3) is 11.8 Å². The smallest absolute Gasteiger partial charge is 0.324 e. The first-order valence-corrected chi connectivity index (χ1v) is 18.7. The predicted octanol–water partition coefficient (Wildman–Crippen LogP) is 6.33. The van der Waals surface area contributed by atoms with Crippen molar-refractivity contribution in [3.8, 4) is 0 Å². The molecule has 0 aromatic heterocycles. The van der Waals surface area contributed by atoms with E-state index >= 15 is 0 Å². The summed E-state index contributed by atoms with van der Waals surface area (Å²) in [6, 6.07) is 20.8. The van der Waals surface area contributed by atoms with E-state index in [0.29, 0.717) is 44.5 Å². The van der Waals surface area contributed by atoms with Crippen LogP contribution in [0.2, 0.25) is 0 Å². The molecule has 1 heterocycles. The molecular weight excluding hydrogens is 682 g/mol. The number of amides is 5. The Bertz CT molecular complexity index is 1660. The van der Waals surface area contributed by atoms with Crippen LogP contribution in [0.5, 0.6) is 0 Å². The number of halogens is 1. The summed E-state index contributed by atoms with van der Waals surface area (Å²) >= 11 is 3.50. The maximum Gasteiger partial charge on any atom is 0.324 e. The largest absolute Gasteiger partial charge is 0.341 e. The quantitative estimate of drug-likeness (QED) is 0.238. The van der Waals surface area contributed by atoms with Crippen molar-refractivity contribution in [1.29, 1.82) is 0 Å². The minimum Gasteiger partial charge on any atom is -0.341 e.